The standard InChI is InChI=1S/C20H27FN4OS/c1-14-22-12-17(27-14)13-24(2)20(26)23-15-9-10-19(18(21)11-15)25(3)16-7-5-4-6-8-16/h9-12,16H,4-8,13H2,1-3H3,(H,23,26). The Balaban J connectivity index is 1.61. The summed E-state index contributed by atoms with van der Waals surface area (Å²) in [6, 6.07) is 5.04. The Kier molecular flexibility index (Phi) is 6.31. The van der Waals surface area contributed by atoms with E-state index in [0.29, 0.717) is 24.0 Å². The largest absolute Gasteiger partial charge is 0.369 e. The smallest absolute Gasteiger partial charge is 0.321 e. The van der Waals surface area contributed by atoms with Gasteiger partial charge in [0.2, 0.25) is 0 Å². The van der Waals surface area contributed by atoms with Crippen molar-refractivity contribution in [3.63, 3.8) is 0 Å². The van der Waals surface area contributed by atoms with Crippen molar-refractivity contribution in [2.45, 2.75) is 51.6 Å². The lowest BCUT2D eigenvalue weighted by Crippen LogP contribution is -2.34. The normalized spacial score (nSPS) is 14.8. The van der Waals surface area contributed by atoms with Gasteiger partial charge >= 0.3 is 6.03 Å². The van der Waals surface area contributed by atoms with E-state index in [2.05, 4.69) is 10.3 Å². The van der Waals surface area contributed by atoms with Crippen molar-refractivity contribution in [2.24, 2.45) is 0 Å². The second-order valence-electron chi connectivity index (χ2n) is 7.20. The fraction of sp³-hybridized carbons (Fsp3) is 0.500. The third kappa shape index (κ3) is 4.97. The van der Waals surface area contributed by atoms with Gasteiger partial charge in [0.15, 0.2) is 0 Å². The minimum Gasteiger partial charge on any atom is -0.369 e. The van der Waals surface area contributed by atoms with Crippen LogP contribution in [0.5, 0.6) is 0 Å². The number of benzene rings is 1. The van der Waals surface area contributed by atoms with E-state index in [1.165, 1.54) is 25.3 Å². The molecule has 0 bridgehead atoms. The summed E-state index contributed by atoms with van der Waals surface area (Å²) in [7, 11) is 3.67. The molecule has 2 aromatic rings. The van der Waals surface area contributed by atoms with E-state index in [1.54, 1.807) is 41.6 Å². The second kappa shape index (κ2) is 8.69. The van der Waals surface area contributed by atoms with E-state index >= 15 is 0 Å². The van der Waals surface area contributed by atoms with Crippen molar-refractivity contribution < 1.29 is 9.18 Å². The van der Waals surface area contributed by atoms with Crippen LogP contribution in [0.1, 0.15) is 42.0 Å². The average molecular weight is 391 g/mol. The maximum atomic E-state index is 14.6. The number of halogens is 1. The molecular formula is C20H27FN4OS. The number of anilines is 2. The number of nitrogens with one attached hydrogen (secondary N) is 1. The molecule has 0 aliphatic heterocycles. The van der Waals surface area contributed by atoms with Gasteiger partial charge in [0.1, 0.15) is 5.82 Å². The summed E-state index contributed by atoms with van der Waals surface area (Å²) in [5.41, 5.74) is 1.05. The molecule has 1 N–H and O–H groups in total. The van der Waals surface area contributed by atoms with Crippen LogP contribution in [0, 0.1) is 12.7 Å². The zero-order valence-corrected chi connectivity index (χ0v) is 17.0. The lowest BCUT2D eigenvalue weighted by atomic mass is 9.94. The lowest BCUT2D eigenvalue weighted by Gasteiger charge is -2.33. The number of aromatic nitrogens is 1. The van der Waals surface area contributed by atoms with Crippen LogP contribution >= 0.6 is 11.3 Å². The highest BCUT2D eigenvalue weighted by atomic mass is 32.1. The van der Waals surface area contributed by atoms with Crippen LogP contribution in [0.3, 0.4) is 0 Å². The molecular weight excluding hydrogens is 363 g/mol. The number of carbonyl (C=O) groups is 1. The van der Waals surface area contributed by atoms with Gasteiger partial charge in [0.25, 0.3) is 0 Å². The third-order valence-corrected chi connectivity index (χ3v) is 6.01. The molecule has 0 saturated heterocycles. The molecule has 0 unspecified atom stereocenters. The minimum atomic E-state index is -0.304. The molecule has 1 aliphatic rings. The number of amides is 2. The average Bonchev–Trinajstić information content (AvgIpc) is 3.06. The molecule has 27 heavy (non-hydrogen) atoms. The third-order valence-electron chi connectivity index (χ3n) is 5.11. The van der Waals surface area contributed by atoms with Gasteiger partial charge in [-0.1, -0.05) is 19.3 Å². The van der Waals surface area contributed by atoms with Crippen LogP contribution in [-0.2, 0) is 6.54 Å². The molecule has 1 aliphatic carbocycles. The Hall–Kier alpha value is -2.15. The quantitative estimate of drug-likeness (QED) is 0.779. The van der Waals surface area contributed by atoms with E-state index in [9.17, 15) is 9.18 Å². The van der Waals surface area contributed by atoms with Crippen LogP contribution in [0.4, 0.5) is 20.6 Å². The number of urea groups is 1. The first kappa shape index (κ1) is 19.6. The minimum absolute atomic E-state index is 0.270. The van der Waals surface area contributed by atoms with Gasteiger partial charge in [0, 0.05) is 36.9 Å². The summed E-state index contributed by atoms with van der Waals surface area (Å²) in [6.45, 7) is 2.41. The van der Waals surface area contributed by atoms with Crippen molar-refractivity contribution in [2.75, 3.05) is 24.3 Å². The maximum Gasteiger partial charge on any atom is 0.321 e. The number of nitrogens with zero attached hydrogens (tertiary/aromatic N) is 3. The highest BCUT2D eigenvalue weighted by molar-refractivity contribution is 7.11. The molecule has 1 heterocycles. The Bertz CT molecular complexity index is 788. The van der Waals surface area contributed by atoms with E-state index in [1.807, 2.05) is 18.9 Å². The predicted molar refractivity (Wildman–Crippen MR) is 109 cm³/mol. The van der Waals surface area contributed by atoms with E-state index < -0.39 is 0 Å². The number of rotatable bonds is 5. The van der Waals surface area contributed by atoms with Gasteiger partial charge in [-0.05, 0) is 38.0 Å². The molecule has 5 nitrogen and oxygen atoms in total. The molecule has 3 rings (SSSR count). The zero-order valence-electron chi connectivity index (χ0n) is 16.2. The van der Waals surface area contributed by atoms with Crippen LogP contribution in [0.25, 0.3) is 0 Å². The molecule has 1 saturated carbocycles. The summed E-state index contributed by atoms with van der Waals surface area (Å²) in [6.07, 6.45) is 7.67. The summed E-state index contributed by atoms with van der Waals surface area (Å²) in [4.78, 5) is 21.2. The van der Waals surface area contributed by atoms with E-state index in [4.69, 9.17) is 0 Å². The van der Waals surface area contributed by atoms with Crippen LogP contribution in [0.15, 0.2) is 24.4 Å². The van der Waals surface area contributed by atoms with Crippen molar-refractivity contribution >= 4 is 28.7 Å². The number of hydrogen-bond acceptors (Lipinski definition) is 4. The SMILES string of the molecule is Cc1ncc(CN(C)C(=O)Nc2ccc(N(C)C3CCCCC3)c(F)c2)s1. The lowest BCUT2D eigenvalue weighted by molar-refractivity contribution is 0.221. The highest BCUT2D eigenvalue weighted by Gasteiger charge is 2.21. The Morgan fingerprint density at radius 3 is 2.67 bits per heavy atom. The van der Waals surface area contributed by atoms with Crippen LogP contribution in [0.2, 0.25) is 0 Å². The zero-order chi connectivity index (χ0) is 19.4. The first-order valence-corrected chi connectivity index (χ1v) is 10.2. The van der Waals surface area contributed by atoms with Gasteiger partial charge < -0.3 is 15.1 Å². The Morgan fingerprint density at radius 2 is 2.04 bits per heavy atom. The van der Waals surface area contributed by atoms with Gasteiger partial charge in [-0.25, -0.2) is 14.2 Å². The van der Waals surface area contributed by atoms with Gasteiger partial charge in [-0.3, -0.25) is 0 Å². The summed E-state index contributed by atoms with van der Waals surface area (Å²) >= 11 is 1.56. The van der Waals surface area contributed by atoms with Crippen LogP contribution < -0.4 is 10.2 Å². The highest BCUT2D eigenvalue weighted by Crippen LogP contribution is 2.29. The Labute approximate surface area is 164 Å². The number of hydrogen-bond donors (Lipinski definition) is 1. The molecule has 1 aromatic heterocycles. The molecule has 1 aromatic carbocycles. The summed E-state index contributed by atoms with van der Waals surface area (Å²) in [5, 5.41) is 3.74. The van der Waals surface area contributed by atoms with Crippen molar-refractivity contribution in [1.82, 2.24) is 9.88 Å². The van der Waals surface area contributed by atoms with Gasteiger partial charge in [-0.15, -0.1) is 11.3 Å². The number of carbonyl (C=O) groups excluding carboxylic acids is 1. The van der Waals surface area contributed by atoms with Gasteiger partial charge in [-0.2, -0.15) is 0 Å². The molecule has 0 atom stereocenters. The van der Waals surface area contributed by atoms with E-state index in [0.717, 1.165) is 22.7 Å². The van der Waals surface area contributed by atoms with Crippen LogP contribution in [-0.4, -0.2) is 36.1 Å². The molecule has 0 radical (unpaired) electrons. The molecule has 146 valence electrons. The van der Waals surface area contributed by atoms with Gasteiger partial charge in [0.05, 0.1) is 17.2 Å². The fourth-order valence-electron chi connectivity index (χ4n) is 3.54. The first-order chi connectivity index (χ1) is 12.9. The summed E-state index contributed by atoms with van der Waals surface area (Å²) < 4.78 is 14.6. The first-order valence-electron chi connectivity index (χ1n) is 9.40. The predicted octanol–water partition coefficient (Wildman–Crippen LogP) is 5.02. The molecule has 7 heteroatoms. The monoisotopic (exact) mass is 390 g/mol. The number of aryl methyl sites for hydroxylation is 1. The van der Waals surface area contributed by atoms with Crippen molar-refractivity contribution in [3.05, 3.63) is 40.1 Å². The molecule has 2 amide bonds. The maximum absolute atomic E-state index is 14.6. The summed E-state index contributed by atoms with van der Waals surface area (Å²) in [5.74, 6) is -0.304. The topological polar surface area (TPSA) is 48.5 Å². The van der Waals surface area contributed by atoms with E-state index in [-0.39, 0.29) is 11.8 Å². The second-order valence-corrected chi connectivity index (χ2v) is 8.52. The molecule has 1 fully saturated rings. The Morgan fingerprint density at radius 1 is 1.30 bits per heavy atom. The molecule has 0 spiro atoms. The number of thiazole rings is 1. The van der Waals surface area contributed by atoms with Crippen molar-refractivity contribution in [3.8, 4) is 0 Å². The van der Waals surface area contributed by atoms with Crippen molar-refractivity contribution in [1.29, 1.82) is 0 Å². The fourth-order valence-corrected chi connectivity index (χ4v) is 4.39.